The summed E-state index contributed by atoms with van der Waals surface area (Å²) in [6, 6.07) is 9.68. The lowest BCUT2D eigenvalue weighted by Gasteiger charge is -2.19. The van der Waals surface area contributed by atoms with E-state index in [1.165, 1.54) is 6.07 Å². The third-order valence-corrected chi connectivity index (χ3v) is 3.62. The SMILES string of the molecule is CNC(c1ccc(Cl)c(OC)c1)c1ccc(Cl)cc1F. The van der Waals surface area contributed by atoms with Crippen molar-refractivity contribution >= 4 is 23.2 Å². The van der Waals surface area contributed by atoms with Gasteiger partial charge in [0, 0.05) is 10.6 Å². The highest BCUT2D eigenvalue weighted by molar-refractivity contribution is 6.32. The number of hydrogen-bond donors (Lipinski definition) is 1. The molecule has 0 saturated heterocycles. The van der Waals surface area contributed by atoms with Gasteiger partial charge in [-0.2, -0.15) is 0 Å². The Balaban J connectivity index is 2.46. The van der Waals surface area contributed by atoms with Gasteiger partial charge in [-0.15, -0.1) is 0 Å². The molecule has 2 nitrogen and oxygen atoms in total. The van der Waals surface area contributed by atoms with Crippen LogP contribution in [0.5, 0.6) is 5.75 Å². The lowest BCUT2D eigenvalue weighted by atomic mass is 9.98. The van der Waals surface area contributed by atoms with Crippen LogP contribution in [0.2, 0.25) is 10.0 Å². The number of methoxy groups -OCH3 is 1. The molecule has 2 rings (SSSR count). The molecule has 1 N–H and O–H groups in total. The van der Waals surface area contributed by atoms with Crippen molar-refractivity contribution in [1.82, 2.24) is 5.32 Å². The van der Waals surface area contributed by atoms with E-state index in [2.05, 4.69) is 5.32 Å². The van der Waals surface area contributed by atoms with E-state index in [0.717, 1.165) is 5.56 Å². The van der Waals surface area contributed by atoms with Crippen molar-refractivity contribution in [2.24, 2.45) is 0 Å². The minimum absolute atomic E-state index is 0.307. The molecule has 0 aliphatic heterocycles. The molecule has 0 amide bonds. The fourth-order valence-electron chi connectivity index (χ4n) is 2.09. The molecule has 0 bridgehead atoms. The Morgan fingerprint density at radius 2 is 1.90 bits per heavy atom. The number of benzene rings is 2. The zero-order valence-electron chi connectivity index (χ0n) is 11.1. The Morgan fingerprint density at radius 3 is 2.50 bits per heavy atom. The predicted octanol–water partition coefficient (Wildman–Crippen LogP) is 4.45. The van der Waals surface area contributed by atoms with E-state index in [9.17, 15) is 4.39 Å². The van der Waals surface area contributed by atoms with Gasteiger partial charge in [-0.25, -0.2) is 4.39 Å². The highest BCUT2D eigenvalue weighted by Crippen LogP contribution is 2.31. The van der Waals surface area contributed by atoms with Crippen molar-refractivity contribution in [1.29, 1.82) is 0 Å². The second kappa shape index (κ2) is 6.44. The summed E-state index contributed by atoms with van der Waals surface area (Å²) in [5, 5.41) is 3.97. The van der Waals surface area contributed by atoms with Crippen molar-refractivity contribution < 1.29 is 9.13 Å². The maximum absolute atomic E-state index is 14.1. The lowest BCUT2D eigenvalue weighted by molar-refractivity contribution is 0.414. The highest BCUT2D eigenvalue weighted by Gasteiger charge is 2.17. The Hall–Kier alpha value is -1.29. The number of rotatable bonds is 4. The molecule has 0 fully saturated rings. The van der Waals surface area contributed by atoms with Crippen molar-refractivity contribution in [3.05, 3.63) is 63.4 Å². The Kier molecular flexibility index (Phi) is 4.86. The molecule has 2 aromatic rings. The molecule has 0 aliphatic rings. The average molecular weight is 314 g/mol. The maximum atomic E-state index is 14.1. The summed E-state index contributed by atoms with van der Waals surface area (Å²) in [6.07, 6.45) is 0. The van der Waals surface area contributed by atoms with E-state index < -0.39 is 0 Å². The molecule has 0 heterocycles. The van der Waals surface area contributed by atoms with Gasteiger partial charge in [-0.05, 0) is 36.9 Å². The van der Waals surface area contributed by atoms with E-state index in [1.807, 2.05) is 6.07 Å². The summed E-state index contributed by atoms with van der Waals surface area (Å²) in [5.41, 5.74) is 1.37. The van der Waals surface area contributed by atoms with Gasteiger partial charge in [0.1, 0.15) is 11.6 Å². The van der Waals surface area contributed by atoms with E-state index >= 15 is 0 Å². The van der Waals surface area contributed by atoms with E-state index in [0.29, 0.717) is 21.4 Å². The summed E-state index contributed by atoms with van der Waals surface area (Å²) >= 11 is 11.8. The number of hydrogen-bond acceptors (Lipinski definition) is 2. The smallest absolute Gasteiger partial charge is 0.137 e. The molecule has 0 aliphatic carbocycles. The van der Waals surface area contributed by atoms with Crippen LogP contribution in [-0.4, -0.2) is 14.2 Å². The van der Waals surface area contributed by atoms with Crippen LogP contribution in [-0.2, 0) is 0 Å². The van der Waals surface area contributed by atoms with Crippen LogP contribution >= 0.6 is 23.2 Å². The molecule has 2 aromatic carbocycles. The van der Waals surface area contributed by atoms with Gasteiger partial charge in [0.05, 0.1) is 18.2 Å². The van der Waals surface area contributed by atoms with Gasteiger partial charge < -0.3 is 10.1 Å². The molecular formula is C15H14Cl2FNO. The fourth-order valence-corrected chi connectivity index (χ4v) is 2.45. The second-order valence-electron chi connectivity index (χ2n) is 4.28. The molecule has 1 atom stereocenters. The number of halogens is 3. The summed E-state index contributed by atoms with van der Waals surface area (Å²) < 4.78 is 19.2. The van der Waals surface area contributed by atoms with Crippen molar-refractivity contribution in [3.63, 3.8) is 0 Å². The highest BCUT2D eigenvalue weighted by atomic mass is 35.5. The first-order valence-corrected chi connectivity index (χ1v) is 6.78. The van der Waals surface area contributed by atoms with Crippen LogP contribution in [0.4, 0.5) is 4.39 Å². The summed E-state index contributed by atoms with van der Waals surface area (Å²) in [7, 11) is 3.31. The van der Waals surface area contributed by atoms with Gasteiger partial charge in [0.25, 0.3) is 0 Å². The molecule has 0 aromatic heterocycles. The fraction of sp³-hybridized carbons (Fsp3) is 0.200. The van der Waals surface area contributed by atoms with Gasteiger partial charge in [0.15, 0.2) is 0 Å². The zero-order valence-corrected chi connectivity index (χ0v) is 12.6. The van der Waals surface area contributed by atoms with Crippen LogP contribution < -0.4 is 10.1 Å². The first kappa shape index (κ1) is 15.1. The molecule has 0 spiro atoms. The Morgan fingerprint density at radius 1 is 1.15 bits per heavy atom. The maximum Gasteiger partial charge on any atom is 0.137 e. The molecule has 1 unspecified atom stereocenters. The van der Waals surface area contributed by atoms with E-state index in [1.54, 1.807) is 38.4 Å². The quantitative estimate of drug-likeness (QED) is 0.900. The molecule has 0 saturated carbocycles. The van der Waals surface area contributed by atoms with Crippen molar-refractivity contribution in [3.8, 4) is 5.75 Å². The van der Waals surface area contributed by atoms with Gasteiger partial charge in [-0.1, -0.05) is 35.3 Å². The average Bonchev–Trinajstić information content (AvgIpc) is 2.43. The normalized spacial score (nSPS) is 12.2. The Bertz CT molecular complexity index is 619. The first-order chi connectivity index (χ1) is 9.56. The third kappa shape index (κ3) is 3.06. The van der Waals surface area contributed by atoms with Gasteiger partial charge in [-0.3, -0.25) is 0 Å². The molecule has 20 heavy (non-hydrogen) atoms. The standard InChI is InChI=1S/C15H14Cl2FNO/c1-19-15(11-5-4-10(16)8-13(11)18)9-3-6-12(17)14(7-9)20-2/h3-8,15,19H,1-2H3. The predicted molar refractivity (Wildman–Crippen MR) is 80.3 cm³/mol. The monoisotopic (exact) mass is 313 g/mol. The second-order valence-corrected chi connectivity index (χ2v) is 5.13. The van der Waals surface area contributed by atoms with Crippen molar-refractivity contribution in [2.45, 2.75) is 6.04 Å². The van der Waals surface area contributed by atoms with Crippen LogP contribution in [0.15, 0.2) is 36.4 Å². The lowest BCUT2D eigenvalue weighted by Crippen LogP contribution is -2.19. The minimum Gasteiger partial charge on any atom is -0.495 e. The van der Waals surface area contributed by atoms with E-state index in [-0.39, 0.29) is 11.9 Å². The zero-order chi connectivity index (χ0) is 14.7. The molecular weight excluding hydrogens is 300 g/mol. The van der Waals surface area contributed by atoms with E-state index in [4.69, 9.17) is 27.9 Å². The topological polar surface area (TPSA) is 21.3 Å². The first-order valence-electron chi connectivity index (χ1n) is 6.02. The van der Waals surface area contributed by atoms with Crippen LogP contribution in [0.3, 0.4) is 0 Å². The van der Waals surface area contributed by atoms with Crippen LogP contribution in [0.1, 0.15) is 17.2 Å². The van der Waals surface area contributed by atoms with Gasteiger partial charge >= 0.3 is 0 Å². The van der Waals surface area contributed by atoms with Crippen LogP contribution in [0, 0.1) is 5.82 Å². The minimum atomic E-state index is -0.356. The van der Waals surface area contributed by atoms with Gasteiger partial charge in [0.2, 0.25) is 0 Å². The molecule has 0 radical (unpaired) electrons. The summed E-state index contributed by atoms with van der Waals surface area (Å²) in [6.45, 7) is 0. The largest absolute Gasteiger partial charge is 0.495 e. The number of ether oxygens (including phenoxy) is 1. The number of nitrogens with one attached hydrogen (secondary N) is 1. The molecule has 106 valence electrons. The molecule has 5 heteroatoms. The Labute approximate surface area is 127 Å². The summed E-state index contributed by atoms with van der Waals surface area (Å²) in [5.74, 6) is 0.199. The summed E-state index contributed by atoms with van der Waals surface area (Å²) in [4.78, 5) is 0. The van der Waals surface area contributed by atoms with Crippen LogP contribution in [0.25, 0.3) is 0 Å². The van der Waals surface area contributed by atoms with Crippen molar-refractivity contribution in [2.75, 3.05) is 14.2 Å². The third-order valence-electron chi connectivity index (χ3n) is 3.07.